The van der Waals surface area contributed by atoms with Gasteiger partial charge in [0.15, 0.2) is 0 Å². The minimum Gasteiger partial charge on any atom is -0.393 e. The van der Waals surface area contributed by atoms with Crippen LogP contribution in [0.3, 0.4) is 0 Å². The smallest absolute Gasteiger partial charge is 0.0577 e. The van der Waals surface area contributed by atoms with E-state index in [1.807, 2.05) is 0 Å². The van der Waals surface area contributed by atoms with Gasteiger partial charge in [0.05, 0.1) is 6.10 Å². The summed E-state index contributed by atoms with van der Waals surface area (Å²) in [4.78, 5) is 0. The summed E-state index contributed by atoms with van der Waals surface area (Å²) < 4.78 is 0. The minimum absolute atomic E-state index is 0.0978. The number of rotatable bonds is 4. The van der Waals surface area contributed by atoms with Gasteiger partial charge in [-0.05, 0) is 104 Å². The van der Waals surface area contributed by atoms with Crippen LogP contribution in [-0.2, 0) is 0 Å². The van der Waals surface area contributed by atoms with Gasteiger partial charge < -0.3 is 5.11 Å². The lowest BCUT2D eigenvalue weighted by molar-refractivity contribution is -0.0540. The first-order chi connectivity index (χ1) is 14.9. The van der Waals surface area contributed by atoms with E-state index in [0.717, 1.165) is 36.5 Å². The summed E-state index contributed by atoms with van der Waals surface area (Å²) in [5.74, 6) is 4.48. The van der Waals surface area contributed by atoms with Crippen molar-refractivity contribution in [2.75, 3.05) is 0 Å². The number of aliphatic hydroxyl groups excluding tert-OH is 1. The van der Waals surface area contributed by atoms with E-state index in [2.05, 4.69) is 73.3 Å². The highest BCUT2D eigenvalue weighted by Gasteiger charge is 2.58. The van der Waals surface area contributed by atoms with Gasteiger partial charge >= 0.3 is 0 Å². The normalized spacial score (nSPS) is 43.8. The number of hydrogen-bond acceptors (Lipinski definition) is 1. The highest BCUT2D eigenvalue weighted by atomic mass is 16.3. The molecular weight excluding hydrogens is 388 g/mol. The van der Waals surface area contributed by atoms with Crippen molar-refractivity contribution in [3.05, 3.63) is 36.0 Å². The second kappa shape index (κ2) is 8.44. The van der Waals surface area contributed by atoms with E-state index in [9.17, 15) is 5.11 Å². The highest BCUT2D eigenvalue weighted by Crippen LogP contribution is 2.67. The maximum Gasteiger partial charge on any atom is 0.0577 e. The van der Waals surface area contributed by atoms with E-state index >= 15 is 0 Å². The van der Waals surface area contributed by atoms with Crippen LogP contribution in [0.1, 0.15) is 99.8 Å². The second-order valence-corrected chi connectivity index (χ2v) is 13.8. The molecule has 4 aliphatic rings. The van der Waals surface area contributed by atoms with E-state index < -0.39 is 0 Å². The third-order valence-electron chi connectivity index (χ3n) is 10.9. The van der Waals surface area contributed by atoms with Gasteiger partial charge in [-0.25, -0.2) is 0 Å². The molecule has 9 atom stereocenters. The van der Waals surface area contributed by atoms with Crippen molar-refractivity contribution in [1.29, 1.82) is 0 Å². The zero-order valence-corrected chi connectivity index (χ0v) is 22.1. The minimum atomic E-state index is -0.0978. The molecule has 0 radical (unpaired) electrons. The maximum absolute atomic E-state index is 10.3. The average Bonchev–Trinajstić information content (AvgIpc) is 3.04. The molecule has 180 valence electrons. The predicted molar refractivity (Wildman–Crippen MR) is 137 cm³/mol. The topological polar surface area (TPSA) is 20.2 Å². The molecule has 1 N–H and O–H groups in total. The zero-order valence-electron chi connectivity index (χ0n) is 22.1. The molecule has 0 aromatic carbocycles. The van der Waals surface area contributed by atoms with Gasteiger partial charge in [0.1, 0.15) is 0 Å². The van der Waals surface area contributed by atoms with Crippen molar-refractivity contribution in [2.24, 2.45) is 51.8 Å². The molecule has 3 fully saturated rings. The fourth-order valence-corrected chi connectivity index (χ4v) is 9.16. The molecule has 1 nitrogen and oxygen atoms in total. The third kappa shape index (κ3) is 3.99. The Bertz CT molecular complexity index is 781. The monoisotopic (exact) mass is 438 g/mol. The fourth-order valence-electron chi connectivity index (χ4n) is 9.16. The molecule has 4 aliphatic carbocycles. The highest BCUT2D eigenvalue weighted by molar-refractivity contribution is 5.25. The van der Waals surface area contributed by atoms with Crippen LogP contribution in [0.5, 0.6) is 0 Å². The third-order valence-corrected chi connectivity index (χ3v) is 10.9. The Morgan fingerprint density at radius 1 is 1.09 bits per heavy atom. The Labute approximate surface area is 198 Å². The van der Waals surface area contributed by atoms with Crippen molar-refractivity contribution < 1.29 is 5.11 Å². The Hall–Kier alpha value is -0.820. The van der Waals surface area contributed by atoms with Crippen molar-refractivity contribution in [3.63, 3.8) is 0 Å². The van der Waals surface area contributed by atoms with Crippen molar-refractivity contribution in [3.8, 4) is 0 Å². The van der Waals surface area contributed by atoms with Crippen molar-refractivity contribution in [2.45, 2.75) is 106 Å². The number of aliphatic hydroxyl groups is 1. The van der Waals surface area contributed by atoms with Gasteiger partial charge in [-0.15, -0.1) is 0 Å². The van der Waals surface area contributed by atoms with Crippen LogP contribution < -0.4 is 0 Å². The van der Waals surface area contributed by atoms with E-state index in [0.29, 0.717) is 22.7 Å². The average molecular weight is 439 g/mol. The first-order valence-electron chi connectivity index (χ1n) is 13.6. The molecule has 0 spiro atoms. The van der Waals surface area contributed by atoms with Crippen LogP contribution >= 0.6 is 0 Å². The summed E-state index contributed by atoms with van der Waals surface area (Å²) in [7, 11) is 0. The number of allylic oxidation sites excluding steroid dienone is 4. The van der Waals surface area contributed by atoms with E-state index in [1.165, 1.54) is 44.1 Å². The van der Waals surface area contributed by atoms with Crippen LogP contribution in [0.4, 0.5) is 0 Å². The first-order valence-corrected chi connectivity index (χ1v) is 13.6. The Morgan fingerprint density at radius 3 is 2.47 bits per heavy atom. The molecule has 0 amide bonds. The molecule has 4 rings (SSSR count). The molecule has 1 heteroatoms. The summed E-state index contributed by atoms with van der Waals surface area (Å²) in [6, 6.07) is 0. The molecule has 0 heterocycles. The van der Waals surface area contributed by atoms with E-state index in [4.69, 9.17) is 0 Å². The molecule has 0 unspecified atom stereocenters. The van der Waals surface area contributed by atoms with Crippen LogP contribution in [-0.4, -0.2) is 11.2 Å². The molecule has 32 heavy (non-hydrogen) atoms. The van der Waals surface area contributed by atoms with Gasteiger partial charge in [-0.1, -0.05) is 77.5 Å². The van der Waals surface area contributed by atoms with Crippen LogP contribution in [0.25, 0.3) is 0 Å². The Kier molecular flexibility index (Phi) is 6.41. The standard InChI is InChI=1S/C31H50O/c1-20(2)25(29(4,5)6)12-9-21(3)26-13-14-27-24-11-10-22-19-23(32)15-17-30(22,7)28(24)16-18-31(26,27)8/h9-10,12,21,23-28,32H,1,11,13-19H2,2-8H3/b12-9+/t21-,23+,24+,25-,26-,27+,28+,30+,31-/m1/s1. The lowest BCUT2D eigenvalue weighted by Crippen LogP contribution is -2.50. The Balaban J connectivity index is 1.53. The number of fused-ring (bicyclic) bond motifs is 5. The van der Waals surface area contributed by atoms with Crippen LogP contribution in [0, 0.1) is 51.8 Å². The molecule has 0 saturated heterocycles. The molecule has 0 bridgehead atoms. The molecule has 3 saturated carbocycles. The molecular formula is C31H50O. The lowest BCUT2D eigenvalue weighted by Gasteiger charge is -2.58. The quantitative estimate of drug-likeness (QED) is 0.437. The largest absolute Gasteiger partial charge is 0.393 e. The van der Waals surface area contributed by atoms with Gasteiger partial charge in [-0.2, -0.15) is 0 Å². The lowest BCUT2D eigenvalue weighted by atomic mass is 9.47. The van der Waals surface area contributed by atoms with Crippen molar-refractivity contribution >= 4 is 0 Å². The zero-order chi connectivity index (χ0) is 23.5. The van der Waals surface area contributed by atoms with Gasteiger partial charge in [-0.3, -0.25) is 0 Å². The Morgan fingerprint density at radius 2 is 1.81 bits per heavy atom. The molecule has 0 aromatic rings. The SMILES string of the molecule is C=C(C)[C@@H](/C=C/[C@@H](C)[C@H]1CC[C@H]2[C@@H]3CC=C4C[C@@H](O)CC[C@]4(C)[C@H]3CC[C@]12C)C(C)(C)C. The first kappa shape index (κ1) is 24.3. The molecule has 0 aromatic heterocycles. The fraction of sp³-hybridized carbons (Fsp3) is 0.806. The van der Waals surface area contributed by atoms with Gasteiger partial charge in [0.2, 0.25) is 0 Å². The second-order valence-electron chi connectivity index (χ2n) is 13.8. The van der Waals surface area contributed by atoms with Gasteiger partial charge in [0, 0.05) is 5.92 Å². The van der Waals surface area contributed by atoms with Crippen molar-refractivity contribution in [1.82, 2.24) is 0 Å². The summed E-state index contributed by atoms with van der Waals surface area (Å²) in [5.41, 5.74) is 3.96. The van der Waals surface area contributed by atoms with E-state index in [1.54, 1.807) is 5.57 Å². The summed E-state index contributed by atoms with van der Waals surface area (Å²) in [6.07, 6.45) is 17.5. The van der Waals surface area contributed by atoms with E-state index in [-0.39, 0.29) is 11.5 Å². The maximum atomic E-state index is 10.3. The predicted octanol–water partition coefficient (Wildman–Crippen LogP) is 8.36. The number of hydrogen-bond donors (Lipinski definition) is 1. The summed E-state index contributed by atoms with van der Waals surface area (Å²) in [6.45, 7) is 21.2. The summed E-state index contributed by atoms with van der Waals surface area (Å²) in [5, 5.41) is 10.3. The van der Waals surface area contributed by atoms with Gasteiger partial charge in [0.25, 0.3) is 0 Å². The molecule has 0 aliphatic heterocycles. The van der Waals surface area contributed by atoms with Crippen LogP contribution in [0.15, 0.2) is 36.0 Å². The summed E-state index contributed by atoms with van der Waals surface area (Å²) >= 11 is 0. The van der Waals surface area contributed by atoms with Crippen LogP contribution in [0.2, 0.25) is 0 Å².